The second-order valence-corrected chi connectivity index (χ2v) is 5.58. The number of nitrogens with zero attached hydrogens (tertiary/aromatic N) is 2. The molecule has 5 heteroatoms. The maximum atomic E-state index is 12.9. The Kier molecular flexibility index (Phi) is 5.42. The third-order valence-electron chi connectivity index (χ3n) is 4.03. The minimum Gasteiger partial charge on any atom is -0.494 e. The summed E-state index contributed by atoms with van der Waals surface area (Å²) in [5.41, 5.74) is 3.70. The number of ether oxygens (including phenoxy) is 1. The number of carbonyl (C=O) groups excluding carboxylic acids is 1. The number of H-pyrrole nitrogens is 1. The molecule has 1 amide bonds. The molecule has 0 radical (unpaired) electrons. The van der Waals surface area contributed by atoms with Crippen molar-refractivity contribution >= 4 is 11.6 Å². The highest BCUT2D eigenvalue weighted by Crippen LogP contribution is 2.27. The number of carbonyl (C=O) groups is 1. The number of hydrogen-bond donors (Lipinski definition) is 1. The van der Waals surface area contributed by atoms with E-state index in [4.69, 9.17) is 4.74 Å². The molecule has 23 heavy (non-hydrogen) atoms. The molecule has 0 aliphatic heterocycles. The lowest BCUT2D eigenvalue weighted by molar-refractivity contribution is -0.119. The SMILES string of the molecule is CCOc1ccc(N(CC)C(=O)C(C)c2c(C)n[nH]c2C)cc1. The third kappa shape index (κ3) is 3.55. The number of aryl methyl sites for hydroxylation is 2. The van der Waals surface area contributed by atoms with Gasteiger partial charge >= 0.3 is 0 Å². The summed E-state index contributed by atoms with van der Waals surface area (Å²) < 4.78 is 5.46. The molecule has 2 aromatic rings. The first-order valence-electron chi connectivity index (χ1n) is 8.05. The summed E-state index contributed by atoms with van der Waals surface area (Å²) in [6, 6.07) is 7.64. The fraction of sp³-hybridized carbons (Fsp3) is 0.444. The predicted molar refractivity (Wildman–Crippen MR) is 92.1 cm³/mol. The highest BCUT2D eigenvalue weighted by Gasteiger charge is 2.26. The van der Waals surface area contributed by atoms with Crippen LogP contribution in [-0.4, -0.2) is 29.3 Å². The van der Waals surface area contributed by atoms with Crippen LogP contribution in [0.15, 0.2) is 24.3 Å². The molecule has 1 atom stereocenters. The van der Waals surface area contributed by atoms with Crippen LogP contribution >= 0.6 is 0 Å². The van der Waals surface area contributed by atoms with Gasteiger partial charge in [-0.15, -0.1) is 0 Å². The maximum absolute atomic E-state index is 12.9. The zero-order valence-electron chi connectivity index (χ0n) is 14.5. The average molecular weight is 315 g/mol. The average Bonchev–Trinajstić information content (AvgIpc) is 2.88. The maximum Gasteiger partial charge on any atom is 0.234 e. The highest BCUT2D eigenvalue weighted by molar-refractivity contribution is 5.98. The van der Waals surface area contributed by atoms with Gasteiger partial charge in [0.05, 0.1) is 18.2 Å². The lowest BCUT2D eigenvalue weighted by atomic mass is 9.97. The molecule has 0 fully saturated rings. The van der Waals surface area contributed by atoms with E-state index in [-0.39, 0.29) is 11.8 Å². The van der Waals surface area contributed by atoms with Gasteiger partial charge in [-0.25, -0.2) is 0 Å². The second-order valence-electron chi connectivity index (χ2n) is 5.58. The summed E-state index contributed by atoms with van der Waals surface area (Å²) in [5.74, 6) is 0.652. The number of amides is 1. The van der Waals surface area contributed by atoms with Gasteiger partial charge in [0.15, 0.2) is 0 Å². The fourth-order valence-electron chi connectivity index (χ4n) is 2.91. The monoisotopic (exact) mass is 315 g/mol. The Labute approximate surface area is 137 Å². The molecule has 1 aromatic carbocycles. The van der Waals surface area contributed by atoms with Crippen LogP contribution in [0, 0.1) is 13.8 Å². The van der Waals surface area contributed by atoms with Gasteiger partial charge in [-0.05, 0) is 58.9 Å². The van der Waals surface area contributed by atoms with Crippen LogP contribution in [0.3, 0.4) is 0 Å². The standard InChI is InChI=1S/C18H25N3O2/c1-6-21(15-8-10-16(11-9-15)23-7-2)18(22)12(3)17-13(4)19-20-14(17)5/h8-12H,6-7H2,1-5H3,(H,19,20). The predicted octanol–water partition coefficient (Wildman–Crippen LogP) is 3.58. The second kappa shape index (κ2) is 7.31. The van der Waals surface area contributed by atoms with Gasteiger partial charge in [-0.1, -0.05) is 0 Å². The smallest absolute Gasteiger partial charge is 0.234 e. The molecular weight excluding hydrogens is 290 g/mol. The van der Waals surface area contributed by atoms with Crippen LogP contribution in [0.2, 0.25) is 0 Å². The van der Waals surface area contributed by atoms with Crippen LogP contribution in [0.4, 0.5) is 5.69 Å². The Bertz CT molecular complexity index is 642. The van der Waals surface area contributed by atoms with E-state index in [1.54, 1.807) is 4.90 Å². The van der Waals surface area contributed by atoms with E-state index >= 15 is 0 Å². The molecule has 0 aliphatic carbocycles. The minimum atomic E-state index is -0.236. The van der Waals surface area contributed by atoms with Crippen LogP contribution in [-0.2, 0) is 4.79 Å². The van der Waals surface area contributed by atoms with Crippen molar-refractivity contribution in [3.05, 3.63) is 41.2 Å². The van der Waals surface area contributed by atoms with E-state index in [0.29, 0.717) is 13.2 Å². The van der Waals surface area contributed by atoms with Gasteiger partial charge in [-0.3, -0.25) is 9.89 Å². The van der Waals surface area contributed by atoms with Crippen molar-refractivity contribution in [1.29, 1.82) is 0 Å². The number of likely N-dealkylation sites (N-methyl/N-ethyl adjacent to an activating group) is 1. The van der Waals surface area contributed by atoms with Gasteiger partial charge in [0.25, 0.3) is 0 Å². The molecule has 1 N–H and O–H groups in total. The van der Waals surface area contributed by atoms with Crippen molar-refractivity contribution in [2.24, 2.45) is 0 Å². The molecule has 5 nitrogen and oxygen atoms in total. The van der Waals surface area contributed by atoms with Crippen LogP contribution < -0.4 is 9.64 Å². The normalized spacial score (nSPS) is 12.0. The molecule has 1 aromatic heterocycles. The van der Waals surface area contributed by atoms with E-state index < -0.39 is 0 Å². The van der Waals surface area contributed by atoms with Crippen LogP contribution in [0.5, 0.6) is 5.75 Å². The number of nitrogens with one attached hydrogen (secondary N) is 1. The van der Waals surface area contributed by atoms with Gasteiger partial charge in [0.1, 0.15) is 5.75 Å². The Hall–Kier alpha value is -2.30. The van der Waals surface area contributed by atoms with E-state index in [0.717, 1.165) is 28.4 Å². The topological polar surface area (TPSA) is 58.2 Å². The van der Waals surface area contributed by atoms with Gasteiger partial charge < -0.3 is 9.64 Å². The van der Waals surface area contributed by atoms with Crippen molar-refractivity contribution < 1.29 is 9.53 Å². The lowest BCUT2D eigenvalue weighted by Gasteiger charge is -2.25. The summed E-state index contributed by atoms with van der Waals surface area (Å²) in [7, 11) is 0. The first kappa shape index (κ1) is 17.1. The fourth-order valence-corrected chi connectivity index (χ4v) is 2.91. The zero-order valence-corrected chi connectivity index (χ0v) is 14.5. The highest BCUT2D eigenvalue weighted by atomic mass is 16.5. The number of aromatic nitrogens is 2. The van der Waals surface area contributed by atoms with Crippen molar-refractivity contribution in [3.63, 3.8) is 0 Å². The summed E-state index contributed by atoms with van der Waals surface area (Å²) in [6.07, 6.45) is 0. The largest absolute Gasteiger partial charge is 0.494 e. The zero-order chi connectivity index (χ0) is 17.0. The molecular formula is C18H25N3O2. The van der Waals surface area contributed by atoms with Crippen LogP contribution in [0.25, 0.3) is 0 Å². The van der Waals surface area contributed by atoms with Crippen molar-refractivity contribution in [1.82, 2.24) is 10.2 Å². The Balaban J connectivity index is 2.24. The van der Waals surface area contributed by atoms with E-state index in [1.807, 2.05) is 58.9 Å². The Morgan fingerprint density at radius 1 is 1.26 bits per heavy atom. The molecule has 0 saturated heterocycles. The Morgan fingerprint density at radius 2 is 1.91 bits per heavy atom. The molecule has 1 unspecified atom stereocenters. The van der Waals surface area contributed by atoms with E-state index in [9.17, 15) is 4.79 Å². The first-order chi connectivity index (χ1) is 11.0. The molecule has 0 saturated carbocycles. The molecule has 124 valence electrons. The number of rotatable bonds is 6. The van der Waals surface area contributed by atoms with Gasteiger partial charge in [-0.2, -0.15) is 5.10 Å². The summed E-state index contributed by atoms with van der Waals surface area (Å²) >= 11 is 0. The molecule has 1 heterocycles. The summed E-state index contributed by atoms with van der Waals surface area (Å²) in [4.78, 5) is 14.7. The molecule has 0 aliphatic rings. The summed E-state index contributed by atoms with van der Waals surface area (Å²) in [5, 5.41) is 7.15. The molecule has 0 spiro atoms. The van der Waals surface area contributed by atoms with E-state index in [1.165, 1.54) is 0 Å². The van der Waals surface area contributed by atoms with Crippen molar-refractivity contribution in [2.75, 3.05) is 18.1 Å². The minimum absolute atomic E-state index is 0.0734. The van der Waals surface area contributed by atoms with Crippen molar-refractivity contribution in [3.8, 4) is 5.75 Å². The number of anilines is 1. The quantitative estimate of drug-likeness (QED) is 0.886. The van der Waals surface area contributed by atoms with Gasteiger partial charge in [0.2, 0.25) is 5.91 Å². The molecule has 2 rings (SSSR count). The number of aromatic amines is 1. The molecule has 0 bridgehead atoms. The third-order valence-corrected chi connectivity index (χ3v) is 4.03. The van der Waals surface area contributed by atoms with Crippen molar-refractivity contribution in [2.45, 2.75) is 40.5 Å². The van der Waals surface area contributed by atoms with Gasteiger partial charge in [0, 0.05) is 23.5 Å². The van der Waals surface area contributed by atoms with E-state index in [2.05, 4.69) is 10.2 Å². The number of benzene rings is 1. The van der Waals surface area contributed by atoms with Crippen LogP contribution in [0.1, 0.15) is 43.6 Å². The Morgan fingerprint density at radius 3 is 2.39 bits per heavy atom. The lowest BCUT2D eigenvalue weighted by Crippen LogP contribution is -2.34. The first-order valence-corrected chi connectivity index (χ1v) is 8.05. The number of hydrogen-bond acceptors (Lipinski definition) is 3. The summed E-state index contributed by atoms with van der Waals surface area (Å²) in [6.45, 7) is 11.0.